The summed E-state index contributed by atoms with van der Waals surface area (Å²) in [5.41, 5.74) is -0.813. The van der Waals surface area contributed by atoms with Crippen LogP contribution in [0.5, 0.6) is 0 Å². The summed E-state index contributed by atoms with van der Waals surface area (Å²) in [6.45, 7) is -0.00129. The molecule has 0 unspecified atom stereocenters. The van der Waals surface area contributed by atoms with E-state index in [1.54, 1.807) is 52.0 Å². The van der Waals surface area contributed by atoms with E-state index in [2.05, 4.69) is 15.6 Å². The van der Waals surface area contributed by atoms with Gasteiger partial charge in [-0.3, -0.25) is 35.2 Å². The standard InChI is InChI=1S/C24H33N3O5.C16H29N3O3.2CH4.H/c1-24(2)16-12-7-5-4-6-11-15-20(28)25-22(27(3)17-21(29)32-24)26-23(30)31-18-19-13-9-8-10-14-19;1-16(2)11-9-7-5-4-6-8-10-13(20)18-15(17)19(3)12-14(21)22-16;;;/h4-5,8-10,13-14H,6-7,11-12,15-18H2,1-3H3,(H,25,26,28,30);4-12H2,1-3H3,(H2,17,18,20);2*1H4;/q;;;;-1/b5-4+;;;;/i2*3D3;;;. The highest BCUT2D eigenvalue weighted by molar-refractivity contribution is 6.01. The molecule has 0 aliphatic carbocycles. The van der Waals surface area contributed by atoms with Crippen LogP contribution in [-0.4, -0.2) is 89.8 Å². The molecule has 14 nitrogen and oxygen atoms in total. The van der Waals surface area contributed by atoms with Crippen LogP contribution in [0, 0.1) is 5.41 Å². The van der Waals surface area contributed by atoms with Crippen LogP contribution in [0.3, 0.4) is 0 Å². The molecule has 3 N–H and O–H groups in total. The van der Waals surface area contributed by atoms with Gasteiger partial charge in [-0.25, -0.2) is 4.79 Å². The van der Waals surface area contributed by atoms with Crippen molar-refractivity contribution < 1.29 is 47.8 Å². The Kier molecular flexibility index (Phi) is 19.7. The van der Waals surface area contributed by atoms with Gasteiger partial charge in [0.15, 0.2) is 5.96 Å². The predicted molar refractivity (Wildman–Crippen MR) is 222 cm³/mol. The number of esters is 2. The van der Waals surface area contributed by atoms with Crippen LogP contribution in [0.15, 0.2) is 47.5 Å². The zero-order valence-corrected chi connectivity index (χ0v) is 32.2. The zero-order valence-electron chi connectivity index (χ0n) is 39.2. The molecule has 2 heterocycles. The number of carbonyl (C=O) groups is 5. The molecule has 1 aromatic carbocycles. The van der Waals surface area contributed by atoms with Gasteiger partial charge in [-0.1, -0.05) is 83.0 Å². The minimum Gasteiger partial charge on any atom is -1.00 e. The van der Waals surface area contributed by atoms with Gasteiger partial charge in [0.25, 0.3) is 0 Å². The van der Waals surface area contributed by atoms with Gasteiger partial charge in [-0.2, -0.15) is 0 Å². The number of benzene rings is 1. The number of hydrogen-bond donors (Lipinski definition) is 3. The van der Waals surface area contributed by atoms with Crippen molar-refractivity contribution in [3.05, 3.63) is 48.0 Å². The maximum Gasteiger partial charge on any atom is 0.437 e. The highest BCUT2D eigenvalue weighted by Gasteiger charge is 2.26. The average Bonchev–Trinajstić information content (AvgIpc) is 3.12. The molecule has 0 saturated carbocycles. The topological polar surface area (TPSA) is 180 Å². The first-order chi connectivity index (χ1) is 28.0. The SMILES string of the molecule is C.C.[2H]C([2H])([2H])N1CC(=O)OC(C)(C)CCC/C=C/CCCC(=O)NC1=NC(=O)OCc1ccccc1.[2H]C([2H])([2H])N1CC(=O)OC(C)(C)CCCCCCCCC(=O)NC1=N.[H-]. The first-order valence-corrected chi connectivity index (χ1v) is 18.6. The van der Waals surface area contributed by atoms with E-state index >= 15 is 0 Å². The van der Waals surface area contributed by atoms with Crippen molar-refractivity contribution in [3.63, 3.8) is 0 Å². The second-order valence-electron chi connectivity index (χ2n) is 14.4. The summed E-state index contributed by atoms with van der Waals surface area (Å²) in [5.74, 6) is -3.71. The maximum atomic E-state index is 12.7. The fourth-order valence-corrected chi connectivity index (χ4v) is 5.44. The number of nitrogens with one attached hydrogen (secondary N) is 3. The summed E-state index contributed by atoms with van der Waals surface area (Å²) in [6, 6.07) is 8.85. The van der Waals surface area contributed by atoms with E-state index in [9.17, 15) is 24.0 Å². The molecule has 1 fully saturated rings. The molecule has 2 aliphatic rings. The second kappa shape index (κ2) is 27.0. The Bertz CT molecular complexity index is 1650. The molecule has 0 spiro atoms. The molecule has 0 atom stereocenters. The Labute approximate surface area is 345 Å². The van der Waals surface area contributed by atoms with Gasteiger partial charge in [0.1, 0.15) is 30.9 Å². The molecule has 0 radical (unpaired) electrons. The normalized spacial score (nSPS) is 22.9. The van der Waals surface area contributed by atoms with Gasteiger partial charge >= 0.3 is 18.0 Å². The van der Waals surface area contributed by atoms with Crippen molar-refractivity contribution in [1.82, 2.24) is 20.4 Å². The molecule has 56 heavy (non-hydrogen) atoms. The van der Waals surface area contributed by atoms with Crippen LogP contribution >= 0.6 is 0 Å². The largest absolute Gasteiger partial charge is 1.00 e. The molecule has 0 aromatic heterocycles. The number of likely N-dealkylation sites (N-methyl/N-ethyl adjacent to an activating group) is 2. The van der Waals surface area contributed by atoms with Crippen LogP contribution in [0.25, 0.3) is 0 Å². The molecule has 318 valence electrons. The van der Waals surface area contributed by atoms with Crippen molar-refractivity contribution >= 4 is 41.8 Å². The van der Waals surface area contributed by atoms with Crippen LogP contribution in [0.2, 0.25) is 0 Å². The fraction of sp³-hybridized carbons (Fsp3) is 0.643. The highest BCUT2D eigenvalue weighted by Crippen LogP contribution is 2.21. The van der Waals surface area contributed by atoms with Crippen molar-refractivity contribution in [1.29, 1.82) is 5.41 Å². The number of carbonyl (C=O) groups excluding carboxylic acids is 5. The van der Waals surface area contributed by atoms with Crippen LogP contribution in [-0.2, 0) is 40.0 Å². The summed E-state index contributed by atoms with van der Waals surface area (Å²) in [4.78, 5) is 66.4. The predicted octanol–water partition coefficient (Wildman–Crippen LogP) is 7.77. The summed E-state index contributed by atoms with van der Waals surface area (Å²) < 4.78 is 62.2. The molecular weight excluding hydrogens is 716 g/mol. The Morgan fingerprint density at radius 3 is 1.93 bits per heavy atom. The number of hydrogen-bond acceptors (Lipinski definition) is 9. The van der Waals surface area contributed by atoms with Crippen molar-refractivity contribution in [2.75, 3.05) is 27.0 Å². The van der Waals surface area contributed by atoms with E-state index in [-0.39, 0.29) is 35.7 Å². The Balaban J connectivity index is 0. The number of allylic oxidation sites excluding steroid dienone is 2. The van der Waals surface area contributed by atoms with Crippen LogP contribution in [0.1, 0.15) is 148 Å². The number of nitrogens with zero attached hydrogens (tertiary/aromatic N) is 3. The summed E-state index contributed by atoms with van der Waals surface area (Å²) >= 11 is 0. The minimum absolute atomic E-state index is 0. The smallest absolute Gasteiger partial charge is 0.437 e. The summed E-state index contributed by atoms with van der Waals surface area (Å²) in [5, 5.41) is 12.5. The van der Waals surface area contributed by atoms with Crippen molar-refractivity contribution in [3.8, 4) is 0 Å². The number of aliphatic imine (C=N–C) groups is 1. The van der Waals surface area contributed by atoms with E-state index in [0.29, 0.717) is 47.5 Å². The number of amides is 3. The van der Waals surface area contributed by atoms with Gasteiger partial charge in [-0.15, -0.1) is 4.99 Å². The van der Waals surface area contributed by atoms with Gasteiger partial charge in [0, 0.05) is 35.0 Å². The highest BCUT2D eigenvalue weighted by atomic mass is 16.6. The lowest BCUT2D eigenvalue weighted by molar-refractivity contribution is -0.158. The number of cyclic esters (lactones) is 2. The molecule has 1 saturated heterocycles. The molecule has 2 aliphatic heterocycles. The maximum absolute atomic E-state index is 12.7. The Morgan fingerprint density at radius 1 is 0.786 bits per heavy atom. The van der Waals surface area contributed by atoms with Gasteiger partial charge in [0.2, 0.25) is 17.8 Å². The third-order valence-electron chi connectivity index (χ3n) is 8.32. The Morgan fingerprint density at radius 2 is 1.30 bits per heavy atom. The van der Waals surface area contributed by atoms with E-state index in [4.69, 9.17) is 27.8 Å². The first kappa shape index (κ1) is 40.9. The van der Waals surface area contributed by atoms with E-state index in [0.717, 1.165) is 44.9 Å². The monoisotopic (exact) mass is 794 g/mol. The van der Waals surface area contributed by atoms with Gasteiger partial charge in [0.05, 0.1) is 0 Å². The number of guanidine groups is 2. The first-order valence-electron chi connectivity index (χ1n) is 21.6. The molecule has 3 rings (SSSR count). The molecule has 3 amide bonds. The molecule has 14 heteroatoms. The van der Waals surface area contributed by atoms with Crippen LogP contribution in [0.4, 0.5) is 4.79 Å². The molecular formula is C42H71N6O8-. The van der Waals surface area contributed by atoms with Crippen molar-refractivity contribution in [2.24, 2.45) is 4.99 Å². The average molecular weight is 794 g/mol. The van der Waals surface area contributed by atoms with Gasteiger partial charge in [-0.05, 0) is 84.6 Å². The summed E-state index contributed by atoms with van der Waals surface area (Å²) in [6.07, 6.45) is 12.9. The van der Waals surface area contributed by atoms with Crippen molar-refractivity contribution in [2.45, 2.75) is 150 Å². The summed E-state index contributed by atoms with van der Waals surface area (Å²) in [7, 11) is 0. The fourth-order valence-electron chi connectivity index (χ4n) is 5.44. The molecule has 0 bridgehead atoms. The van der Waals surface area contributed by atoms with Gasteiger partial charge < -0.3 is 25.4 Å². The Hall–Kier alpha value is -4.75. The minimum atomic E-state index is -2.90. The lowest BCUT2D eigenvalue weighted by Gasteiger charge is -2.27. The zero-order chi connectivity index (χ0) is 45.0. The third-order valence-corrected chi connectivity index (χ3v) is 8.32. The van der Waals surface area contributed by atoms with E-state index in [1.165, 1.54) is 0 Å². The van der Waals surface area contributed by atoms with E-state index < -0.39 is 80.0 Å². The third kappa shape index (κ3) is 23.2. The number of ether oxygens (including phenoxy) is 3. The quantitative estimate of drug-likeness (QED) is 0.152. The lowest BCUT2D eigenvalue weighted by atomic mass is 9.99. The van der Waals surface area contributed by atoms with E-state index in [1.807, 2.05) is 18.2 Å². The second-order valence-corrected chi connectivity index (χ2v) is 14.4. The molecule has 1 aromatic rings. The lowest BCUT2D eigenvalue weighted by Crippen LogP contribution is -2.46. The van der Waals surface area contributed by atoms with Crippen LogP contribution < -0.4 is 10.6 Å². The number of rotatable bonds is 2.